The number of thiazole rings is 1. The van der Waals surface area contributed by atoms with E-state index in [-0.39, 0.29) is 5.91 Å². The number of nitrogens with zero attached hydrogens (tertiary/aromatic N) is 2. The molecule has 0 aliphatic heterocycles. The summed E-state index contributed by atoms with van der Waals surface area (Å²) in [6.45, 7) is 4.65. The van der Waals surface area contributed by atoms with Crippen molar-refractivity contribution >= 4 is 51.0 Å². The van der Waals surface area contributed by atoms with Crippen molar-refractivity contribution in [2.75, 3.05) is 6.26 Å². The Bertz CT molecular complexity index is 1090. The average molecular weight is 413 g/mol. The van der Waals surface area contributed by atoms with Gasteiger partial charge in [0.2, 0.25) is 0 Å². The summed E-state index contributed by atoms with van der Waals surface area (Å²) < 4.78 is 3.00. The number of amides is 1. The van der Waals surface area contributed by atoms with Crippen molar-refractivity contribution in [1.29, 1.82) is 0 Å². The van der Waals surface area contributed by atoms with Crippen LogP contribution in [0.3, 0.4) is 0 Å². The third-order valence-electron chi connectivity index (χ3n) is 3.79. The first-order valence-electron chi connectivity index (χ1n) is 8.48. The lowest BCUT2D eigenvalue weighted by molar-refractivity contribution is 0.0997. The Morgan fingerprint density at radius 3 is 2.78 bits per heavy atom. The number of fused-ring (bicyclic) bond motifs is 1. The molecule has 0 aliphatic carbocycles. The molecular weight excluding hydrogens is 392 g/mol. The molecule has 3 nitrogen and oxygen atoms in total. The van der Waals surface area contributed by atoms with Gasteiger partial charge in [0.15, 0.2) is 4.80 Å². The Balaban J connectivity index is 2.05. The van der Waals surface area contributed by atoms with Crippen LogP contribution < -0.4 is 4.80 Å². The molecule has 0 N–H and O–H groups in total. The van der Waals surface area contributed by atoms with E-state index in [1.54, 1.807) is 29.6 Å². The van der Waals surface area contributed by atoms with Crippen LogP contribution in [0.1, 0.15) is 24.2 Å². The summed E-state index contributed by atoms with van der Waals surface area (Å²) in [4.78, 5) is 20.0. The lowest BCUT2D eigenvalue weighted by Gasteiger charge is -2.05. The molecule has 6 heteroatoms. The van der Waals surface area contributed by atoms with E-state index in [9.17, 15) is 4.79 Å². The van der Waals surface area contributed by atoms with Gasteiger partial charge in [0, 0.05) is 20.6 Å². The minimum absolute atomic E-state index is 0.247. The number of hydrogen-bond donors (Lipinski definition) is 0. The van der Waals surface area contributed by atoms with Gasteiger partial charge in [-0.05, 0) is 42.7 Å². The largest absolute Gasteiger partial charge is 0.305 e. The van der Waals surface area contributed by atoms with Crippen LogP contribution in [-0.4, -0.2) is 22.0 Å². The molecule has 0 saturated heterocycles. The number of rotatable bonds is 5. The minimum atomic E-state index is -0.247. The number of carbonyl (C=O) groups is 1. The van der Waals surface area contributed by atoms with Gasteiger partial charge in [0.05, 0.1) is 16.8 Å². The van der Waals surface area contributed by atoms with Gasteiger partial charge in [-0.25, -0.2) is 0 Å². The molecular formula is C21H20N2OS3. The molecule has 3 aromatic rings. The van der Waals surface area contributed by atoms with Gasteiger partial charge >= 0.3 is 0 Å². The summed E-state index contributed by atoms with van der Waals surface area (Å²) >= 11 is 4.91. The van der Waals surface area contributed by atoms with Crippen molar-refractivity contribution < 1.29 is 4.79 Å². The third kappa shape index (κ3) is 4.67. The fraction of sp³-hybridized carbons (Fsp3) is 0.238. The van der Waals surface area contributed by atoms with Crippen LogP contribution in [0.15, 0.2) is 57.2 Å². The van der Waals surface area contributed by atoms with Gasteiger partial charge in [-0.3, -0.25) is 4.79 Å². The second kappa shape index (κ2) is 8.83. The number of terminal acetylenes is 1. The molecule has 0 aliphatic rings. The summed E-state index contributed by atoms with van der Waals surface area (Å²) in [5.74, 6) is 2.42. The van der Waals surface area contributed by atoms with E-state index in [1.807, 2.05) is 35.1 Å². The van der Waals surface area contributed by atoms with Crippen LogP contribution in [-0.2, 0) is 6.54 Å². The molecule has 3 rings (SSSR count). The maximum atomic E-state index is 12.8. The molecule has 1 heterocycles. The first-order chi connectivity index (χ1) is 13.0. The molecule has 1 aromatic heterocycles. The van der Waals surface area contributed by atoms with E-state index in [2.05, 4.69) is 36.9 Å². The highest BCUT2D eigenvalue weighted by Gasteiger charge is 2.10. The van der Waals surface area contributed by atoms with E-state index < -0.39 is 0 Å². The summed E-state index contributed by atoms with van der Waals surface area (Å²) in [6, 6.07) is 13.8. The smallest absolute Gasteiger partial charge is 0.279 e. The van der Waals surface area contributed by atoms with E-state index in [4.69, 9.17) is 6.42 Å². The number of benzene rings is 2. The molecule has 0 unspecified atom stereocenters. The van der Waals surface area contributed by atoms with Crippen molar-refractivity contribution in [3.05, 3.63) is 52.8 Å². The van der Waals surface area contributed by atoms with Gasteiger partial charge in [0.25, 0.3) is 5.91 Å². The third-order valence-corrected chi connectivity index (χ3v) is 6.55. The molecule has 27 heavy (non-hydrogen) atoms. The molecule has 0 fully saturated rings. The molecule has 2 aromatic carbocycles. The summed E-state index contributed by atoms with van der Waals surface area (Å²) in [5.41, 5.74) is 1.60. The predicted octanol–water partition coefficient (Wildman–Crippen LogP) is 5.30. The number of carbonyl (C=O) groups excluding carboxylic acids is 1. The van der Waals surface area contributed by atoms with Crippen LogP contribution in [0.25, 0.3) is 10.2 Å². The standard InChI is InChI=1S/C21H20N2OS3/c1-5-11-23-18-10-9-16(25-4)13-19(18)27-21(23)22-20(24)15-7-6-8-17(12-15)26-14(2)3/h1,6-10,12-14H,11H2,2-4H3. The normalized spacial score (nSPS) is 11.9. The van der Waals surface area contributed by atoms with Gasteiger partial charge in [-0.1, -0.05) is 37.2 Å². The van der Waals surface area contributed by atoms with Gasteiger partial charge in [-0.2, -0.15) is 4.99 Å². The Morgan fingerprint density at radius 1 is 1.26 bits per heavy atom. The molecule has 138 valence electrons. The quantitative estimate of drug-likeness (QED) is 0.421. The zero-order valence-electron chi connectivity index (χ0n) is 15.4. The summed E-state index contributed by atoms with van der Waals surface area (Å²) in [7, 11) is 0. The highest BCUT2D eigenvalue weighted by atomic mass is 32.2. The fourth-order valence-corrected chi connectivity index (χ4v) is 5.11. The molecule has 0 radical (unpaired) electrons. The van der Waals surface area contributed by atoms with Crippen molar-refractivity contribution in [1.82, 2.24) is 4.57 Å². The summed E-state index contributed by atoms with van der Waals surface area (Å²) in [5, 5.41) is 0.457. The first kappa shape index (κ1) is 19.8. The molecule has 0 bridgehead atoms. The Kier molecular flexibility index (Phi) is 6.48. The van der Waals surface area contributed by atoms with E-state index in [0.717, 1.165) is 15.1 Å². The zero-order valence-corrected chi connectivity index (χ0v) is 17.9. The minimum Gasteiger partial charge on any atom is -0.305 e. The Morgan fingerprint density at radius 2 is 2.07 bits per heavy atom. The summed E-state index contributed by atoms with van der Waals surface area (Å²) in [6.07, 6.45) is 7.59. The predicted molar refractivity (Wildman–Crippen MR) is 118 cm³/mol. The Hall–Kier alpha value is -1.94. The monoisotopic (exact) mass is 412 g/mol. The molecule has 0 spiro atoms. The van der Waals surface area contributed by atoms with Crippen LogP contribution >= 0.6 is 34.9 Å². The second-order valence-electron chi connectivity index (χ2n) is 6.12. The van der Waals surface area contributed by atoms with Crippen molar-refractivity contribution in [2.24, 2.45) is 4.99 Å². The maximum absolute atomic E-state index is 12.8. The zero-order chi connectivity index (χ0) is 19.4. The number of aromatic nitrogens is 1. The molecule has 1 amide bonds. The van der Waals surface area contributed by atoms with E-state index >= 15 is 0 Å². The highest BCUT2D eigenvalue weighted by Crippen LogP contribution is 2.25. The first-order valence-corrected chi connectivity index (χ1v) is 11.4. The van der Waals surface area contributed by atoms with Crippen LogP contribution in [0, 0.1) is 12.3 Å². The van der Waals surface area contributed by atoms with Crippen molar-refractivity contribution in [2.45, 2.75) is 35.4 Å². The topological polar surface area (TPSA) is 34.4 Å². The Labute approximate surface area is 171 Å². The average Bonchev–Trinajstić information content (AvgIpc) is 2.98. The lowest BCUT2D eigenvalue weighted by atomic mass is 10.2. The van der Waals surface area contributed by atoms with Crippen molar-refractivity contribution in [3.8, 4) is 12.3 Å². The van der Waals surface area contributed by atoms with E-state index in [0.29, 0.717) is 22.2 Å². The lowest BCUT2D eigenvalue weighted by Crippen LogP contribution is -2.16. The van der Waals surface area contributed by atoms with Gasteiger partial charge < -0.3 is 4.57 Å². The number of hydrogen-bond acceptors (Lipinski definition) is 4. The van der Waals surface area contributed by atoms with Crippen LogP contribution in [0.5, 0.6) is 0 Å². The van der Waals surface area contributed by atoms with Gasteiger partial charge in [-0.15, -0.1) is 29.9 Å². The fourth-order valence-electron chi connectivity index (χ4n) is 2.64. The number of thioether (sulfide) groups is 2. The highest BCUT2D eigenvalue weighted by molar-refractivity contribution is 8.00. The van der Waals surface area contributed by atoms with Gasteiger partial charge in [0.1, 0.15) is 0 Å². The molecule has 0 saturated carbocycles. The van der Waals surface area contributed by atoms with Crippen LogP contribution in [0.4, 0.5) is 0 Å². The molecule has 0 atom stereocenters. The second-order valence-corrected chi connectivity index (χ2v) is 9.66. The van der Waals surface area contributed by atoms with Crippen molar-refractivity contribution in [3.63, 3.8) is 0 Å². The maximum Gasteiger partial charge on any atom is 0.279 e. The van der Waals surface area contributed by atoms with E-state index in [1.165, 1.54) is 16.2 Å². The van der Waals surface area contributed by atoms with Crippen LogP contribution in [0.2, 0.25) is 0 Å². The SMILES string of the molecule is C#CCn1c(=NC(=O)c2cccc(SC(C)C)c2)sc2cc(SC)ccc21.